The van der Waals surface area contributed by atoms with Crippen molar-refractivity contribution in [1.29, 1.82) is 0 Å². The number of rotatable bonds is 5. The van der Waals surface area contributed by atoms with E-state index in [1.807, 2.05) is 60.1 Å². The number of hydrogen-bond acceptors (Lipinski definition) is 7. The lowest BCUT2D eigenvalue weighted by molar-refractivity contribution is -0.116. The number of aryl methyl sites for hydroxylation is 1. The van der Waals surface area contributed by atoms with Crippen LogP contribution in [0, 0.1) is 6.92 Å². The minimum Gasteiger partial charge on any atom is -0.497 e. The Morgan fingerprint density at radius 1 is 1.03 bits per heavy atom. The summed E-state index contributed by atoms with van der Waals surface area (Å²) in [5.74, 6) is 2.11. The molecular formula is C20H21N5O3S. The Morgan fingerprint density at radius 3 is 2.28 bits per heavy atom. The van der Waals surface area contributed by atoms with Crippen LogP contribution >= 0.6 is 11.8 Å². The normalized spacial score (nSPS) is 17.8. The predicted octanol–water partition coefficient (Wildman–Crippen LogP) is 3.00. The number of nitrogens with zero attached hydrogens (tertiary/aromatic N) is 3. The minimum absolute atomic E-state index is 0.125. The van der Waals surface area contributed by atoms with Crippen molar-refractivity contribution in [2.45, 2.75) is 23.4 Å². The van der Waals surface area contributed by atoms with Crippen LogP contribution in [0.5, 0.6) is 11.5 Å². The first-order valence-corrected chi connectivity index (χ1v) is 9.91. The Morgan fingerprint density at radius 2 is 1.66 bits per heavy atom. The number of hydrogen-bond donors (Lipinski definition) is 2. The molecule has 150 valence electrons. The monoisotopic (exact) mass is 411 g/mol. The third kappa shape index (κ3) is 3.86. The van der Waals surface area contributed by atoms with E-state index in [-0.39, 0.29) is 11.9 Å². The summed E-state index contributed by atoms with van der Waals surface area (Å²) < 4.78 is 12.2. The van der Waals surface area contributed by atoms with Crippen molar-refractivity contribution in [3.63, 3.8) is 0 Å². The third-order valence-electron chi connectivity index (χ3n) is 4.69. The quantitative estimate of drug-likeness (QED) is 0.667. The van der Waals surface area contributed by atoms with Crippen LogP contribution in [-0.4, -0.2) is 40.3 Å². The number of amides is 1. The van der Waals surface area contributed by atoms with E-state index in [0.29, 0.717) is 10.8 Å². The minimum atomic E-state index is -0.443. The van der Waals surface area contributed by atoms with Gasteiger partial charge in [0, 0.05) is 5.69 Å². The van der Waals surface area contributed by atoms with Gasteiger partial charge in [0.2, 0.25) is 11.1 Å². The number of anilines is 1. The molecule has 0 aliphatic carbocycles. The van der Waals surface area contributed by atoms with Gasteiger partial charge in [-0.25, -0.2) is 4.68 Å². The van der Waals surface area contributed by atoms with E-state index in [9.17, 15) is 4.79 Å². The van der Waals surface area contributed by atoms with Crippen LogP contribution in [0.15, 0.2) is 53.7 Å². The fourth-order valence-corrected chi connectivity index (χ4v) is 4.23. The summed E-state index contributed by atoms with van der Waals surface area (Å²) in [7, 11) is 3.23. The average Bonchev–Trinajstić information content (AvgIpc) is 3.13. The molecule has 0 fully saturated rings. The van der Waals surface area contributed by atoms with Gasteiger partial charge in [0.15, 0.2) is 0 Å². The van der Waals surface area contributed by atoms with Crippen molar-refractivity contribution in [1.82, 2.24) is 14.9 Å². The lowest BCUT2D eigenvalue weighted by atomic mass is 10.0. The molecule has 8 nitrogen and oxygen atoms in total. The highest BCUT2D eigenvalue weighted by molar-refractivity contribution is 8.00. The van der Waals surface area contributed by atoms with Gasteiger partial charge in [0.1, 0.15) is 22.6 Å². The molecule has 1 aliphatic rings. The number of ether oxygens (including phenoxy) is 2. The Hall–Kier alpha value is -3.20. The van der Waals surface area contributed by atoms with E-state index >= 15 is 0 Å². The molecule has 0 saturated heterocycles. The summed E-state index contributed by atoms with van der Waals surface area (Å²) in [5, 5.41) is 11.5. The maximum atomic E-state index is 13.2. The molecule has 2 atom stereocenters. The van der Waals surface area contributed by atoms with E-state index in [1.165, 1.54) is 11.8 Å². The molecule has 1 aromatic heterocycles. The molecule has 3 aromatic rings. The molecule has 0 unspecified atom stereocenters. The molecule has 1 aliphatic heterocycles. The molecule has 0 radical (unpaired) electrons. The van der Waals surface area contributed by atoms with Crippen LogP contribution in [0.3, 0.4) is 0 Å². The second kappa shape index (κ2) is 8.04. The van der Waals surface area contributed by atoms with Gasteiger partial charge in [-0.2, -0.15) is 0 Å². The van der Waals surface area contributed by atoms with Crippen molar-refractivity contribution >= 4 is 23.4 Å². The van der Waals surface area contributed by atoms with Crippen molar-refractivity contribution in [3.05, 3.63) is 59.9 Å². The molecule has 29 heavy (non-hydrogen) atoms. The van der Waals surface area contributed by atoms with Gasteiger partial charge in [-0.05, 0) is 48.9 Å². The van der Waals surface area contributed by atoms with E-state index in [1.54, 1.807) is 14.2 Å². The number of nitrogens with one attached hydrogen (secondary N) is 2. The first-order valence-electron chi connectivity index (χ1n) is 9.03. The van der Waals surface area contributed by atoms with Crippen LogP contribution in [0.4, 0.5) is 5.69 Å². The zero-order valence-corrected chi connectivity index (χ0v) is 17.1. The highest BCUT2D eigenvalue weighted by atomic mass is 32.2. The number of carbonyl (C=O) groups excluding carboxylic acids is 1. The molecule has 0 bridgehead atoms. The zero-order valence-electron chi connectivity index (χ0n) is 16.2. The smallest absolute Gasteiger partial charge is 0.240 e. The zero-order chi connectivity index (χ0) is 20.4. The topological polar surface area (TPSA) is 90.3 Å². The maximum absolute atomic E-state index is 13.2. The summed E-state index contributed by atoms with van der Waals surface area (Å²) in [6.07, 6.45) is 0. The summed E-state index contributed by atoms with van der Waals surface area (Å²) in [6.45, 7) is 1.87. The Bertz CT molecular complexity index is 1000. The molecule has 1 amide bonds. The highest BCUT2D eigenvalue weighted by Crippen LogP contribution is 2.38. The number of methoxy groups -OCH3 is 2. The first-order chi connectivity index (χ1) is 14.1. The fraction of sp³-hybridized carbons (Fsp3) is 0.250. The van der Waals surface area contributed by atoms with Crippen LogP contribution in [0.25, 0.3) is 0 Å². The summed E-state index contributed by atoms with van der Waals surface area (Å²) >= 11 is 1.38. The van der Waals surface area contributed by atoms with Crippen molar-refractivity contribution in [2.24, 2.45) is 0 Å². The van der Waals surface area contributed by atoms with Gasteiger partial charge in [0.05, 0.1) is 20.3 Å². The Kier molecular flexibility index (Phi) is 5.30. The molecule has 2 heterocycles. The highest BCUT2D eigenvalue weighted by Gasteiger charge is 2.37. The van der Waals surface area contributed by atoms with Crippen LogP contribution in [0.2, 0.25) is 0 Å². The van der Waals surface area contributed by atoms with Gasteiger partial charge in [-0.1, -0.05) is 23.9 Å². The third-order valence-corrected chi connectivity index (χ3v) is 5.90. The number of benzene rings is 2. The molecule has 9 heteroatoms. The molecular weight excluding hydrogens is 390 g/mol. The number of fused-ring (bicyclic) bond motifs is 1. The molecule has 2 aromatic carbocycles. The van der Waals surface area contributed by atoms with Gasteiger partial charge >= 0.3 is 0 Å². The molecule has 4 rings (SSSR count). The van der Waals surface area contributed by atoms with Crippen LogP contribution in [-0.2, 0) is 4.79 Å². The fourth-order valence-electron chi connectivity index (χ4n) is 3.11. The lowest BCUT2D eigenvalue weighted by Gasteiger charge is -2.32. The van der Waals surface area contributed by atoms with Gasteiger partial charge in [-0.15, -0.1) is 10.2 Å². The molecule has 0 saturated carbocycles. The second-order valence-electron chi connectivity index (χ2n) is 6.50. The average molecular weight is 411 g/mol. The van der Waals surface area contributed by atoms with Gasteiger partial charge in [0.25, 0.3) is 0 Å². The van der Waals surface area contributed by atoms with E-state index in [2.05, 4.69) is 20.9 Å². The second-order valence-corrected chi connectivity index (χ2v) is 7.61. The number of thioether (sulfide) groups is 1. The van der Waals surface area contributed by atoms with E-state index in [4.69, 9.17) is 9.47 Å². The van der Waals surface area contributed by atoms with E-state index in [0.717, 1.165) is 22.9 Å². The van der Waals surface area contributed by atoms with Gasteiger partial charge < -0.3 is 20.2 Å². The standard InChI is InChI=1S/C20H21N5O3S/c1-12-22-23-20-25(12)24-17(13-4-8-15(27-2)9-5-13)18(29-20)19(26)21-14-6-10-16(28-3)11-7-14/h4-11,17-18,24H,1-3H3,(H,21,26)/t17-,18-/m0/s1. The summed E-state index contributed by atoms with van der Waals surface area (Å²) in [6, 6.07) is 14.6. The molecule has 2 N–H and O–H groups in total. The van der Waals surface area contributed by atoms with Crippen LogP contribution < -0.4 is 20.2 Å². The summed E-state index contributed by atoms with van der Waals surface area (Å²) in [5.41, 5.74) is 5.05. The Balaban J connectivity index is 1.62. The first kappa shape index (κ1) is 19.1. The maximum Gasteiger partial charge on any atom is 0.240 e. The lowest BCUT2D eigenvalue weighted by Crippen LogP contribution is -2.41. The van der Waals surface area contributed by atoms with Crippen molar-refractivity contribution in [3.8, 4) is 11.5 Å². The largest absolute Gasteiger partial charge is 0.497 e. The van der Waals surface area contributed by atoms with Crippen molar-refractivity contribution < 1.29 is 14.3 Å². The number of aromatic nitrogens is 3. The SMILES string of the molecule is COc1ccc(NC(=O)[C@H]2Sc3nnc(C)n3N[C@H]2c2ccc(OC)cc2)cc1. The van der Waals surface area contributed by atoms with Crippen LogP contribution in [0.1, 0.15) is 17.4 Å². The predicted molar refractivity (Wildman–Crippen MR) is 111 cm³/mol. The number of carbonyl (C=O) groups is 1. The van der Waals surface area contributed by atoms with E-state index < -0.39 is 5.25 Å². The Labute approximate surface area is 172 Å². The molecule has 0 spiro atoms. The van der Waals surface area contributed by atoms with Crippen molar-refractivity contribution in [2.75, 3.05) is 25.0 Å². The summed E-state index contributed by atoms with van der Waals surface area (Å²) in [4.78, 5) is 13.2. The van der Waals surface area contributed by atoms with Gasteiger partial charge in [-0.3, -0.25) is 4.79 Å².